The van der Waals surface area contributed by atoms with E-state index in [2.05, 4.69) is 10.1 Å². The van der Waals surface area contributed by atoms with Crippen molar-refractivity contribution in [2.75, 3.05) is 19.1 Å². The third-order valence-electron chi connectivity index (χ3n) is 2.28. The third kappa shape index (κ3) is 8.58. The molecule has 0 rings (SSSR count). The average Bonchev–Trinajstić information content (AvgIpc) is 2.13. The van der Waals surface area contributed by atoms with Crippen molar-refractivity contribution >= 4 is 17.5 Å². The molecule has 0 aromatic heterocycles. The molecular weight excluding hydrogens is 271 g/mol. The molecule has 0 radical (unpaired) electrons. The molecule has 108 valence electrons. The number of ether oxygens (including phenoxy) is 1. The molecule has 18 heavy (non-hydrogen) atoms. The van der Waals surface area contributed by atoms with Gasteiger partial charge in [-0.1, -0.05) is 20.8 Å². The lowest BCUT2D eigenvalue weighted by molar-refractivity contribution is -0.175. The van der Waals surface area contributed by atoms with Gasteiger partial charge in [0.1, 0.15) is 13.2 Å². The quantitative estimate of drug-likeness (QED) is 0.764. The second-order valence-corrected chi connectivity index (χ2v) is 5.45. The summed E-state index contributed by atoms with van der Waals surface area (Å²) in [5, 5.41) is 2.63. The maximum absolute atomic E-state index is 11.8. The van der Waals surface area contributed by atoms with Crippen molar-refractivity contribution in [1.29, 1.82) is 0 Å². The lowest BCUT2D eigenvalue weighted by Gasteiger charge is -2.31. The first-order valence-electron chi connectivity index (χ1n) is 5.56. The van der Waals surface area contributed by atoms with Crippen LogP contribution < -0.4 is 5.32 Å². The summed E-state index contributed by atoms with van der Waals surface area (Å²) in [4.78, 5) is 11.4. The molecule has 0 spiro atoms. The normalized spacial score (nSPS) is 14.4. The van der Waals surface area contributed by atoms with E-state index in [1.807, 2.05) is 20.8 Å². The van der Waals surface area contributed by atoms with Gasteiger partial charge >= 0.3 is 6.18 Å². The van der Waals surface area contributed by atoms with Gasteiger partial charge in [0.05, 0.1) is 0 Å². The fourth-order valence-corrected chi connectivity index (χ4v) is 1.54. The van der Waals surface area contributed by atoms with Crippen molar-refractivity contribution in [3.05, 3.63) is 0 Å². The van der Waals surface area contributed by atoms with Gasteiger partial charge in [-0.3, -0.25) is 4.79 Å². The van der Waals surface area contributed by atoms with Crippen molar-refractivity contribution in [2.24, 2.45) is 5.41 Å². The van der Waals surface area contributed by atoms with Gasteiger partial charge in [-0.05, 0) is 11.8 Å². The van der Waals surface area contributed by atoms with Crippen LogP contribution in [-0.4, -0.2) is 37.2 Å². The summed E-state index contributed by atoms with van der Waals surface area (Å²) in [6.07, 6.45) is -3.87. The first-order valence-corrected chi connectivity index (χ1v) is 6.09. The number of alkyl halides is 4. The molecule has 1 N–H and O–H groups in total. The predicted octanol–water partition coefficient (Wildman–Crippen LogP) is 2.73. The van der Waals surface area contributed by atoms with Gasteiger partial charge in [-0.2, -0.15) is 13.2 Å². The molecule has 0 aliphatic heterocycles. The molecule has 1 amide bonds. The maximum atomic E-state index is 11.8. The van der Waals surface area contributed by atoms with Crippen LogP contribution in [0.5, 0.6) is 0 Å². The van der Waals surface area contributed by atoms with Crippen LogP contribution in [-0.2, 0) is 9.53 Å². The first kappa shape index (κ1) is 17.5. The number of amides is 1. The number of hydrogen-bond donors (Lipinski definition) is 1. The molecule has 0 aliphatic carbocycles. The van der Waals surface area contributed by atoms with E-state index in [4.69, 9.17) is 11.6 Å². The second kappa shape index (κ2) is 7.19. The highest BCUT2D eigenvalue weighted by Crippen LogP contribution is 2.22. The molecule has 0 bridgehead atoms. The monoisotopic (exact) mass is 289 g/mol. The molecule has 1 unspecified atom stereocenters. The SMILES string of the molecule is CC(C)(C)C(CCCl)NC(=O)COCC(F)(F)F. The minimum absolute atomic E-state index is 0.197. The topological polar surface area (TPSA) is 38.3 Å². The summed E-state index contributed by atoms with van der Waals surface area (Å²) in [5.41, 5.74) is -0.214. The summed E-state index contributed by atoms with van der Waals surface area (Å²) in [7, 11) is 0. The Kier molecular flexibility index (Phi) is 6.99. The smallest absolute Gasteiger partial charge is 0.362 e. The number of nitrogens with one attached hydrogen (secondary N) is 1. The molecule has 0 heterocycles. The van der Waals surface area contributed by atoms with Gasteiger partial charge in [-0.15, -0.1) is 11.6 Å². The fraction of sp³-hybridized carbons (Fsp3) is 0.909. The number of rotatable bonds is 6. The predicted molar refractivity (Wildman–Crippen MR) is 63.6 cm³/mol. The highest BCUT2D eigenvalue weighted by Gasteiger charge is 2.29. The van der Waals surface area contributed by atoms with E-state index in [0.29, 0.717) is 12.3 Å². The van der Waals surface area contributed by atoms with E-state index in [1.165, 1.54) is 0 Å². The van der Waals surface area contributed by atoms with Crippen LogP contribution in [0.1, 0.15) is 27.2 Å². The maximum Gasteiger partial charge on any atom is 0.411 e. The Balaban J connectivity index is 4.11. The Labute approximate surface area is 110 Å². The van der Waals surface area contributed by atoms with Crippen LogP contribution in [0.15, 0.2) is 0 Å². The Hall–Kier alpha value is -0.490. The molecule has 3 nitrogen and oxygen atoms in total. The summed E-state index contributed by atoms with van der Waals surface area (Å²) in [6.45, 7) is 3.73. The van der Waals surface area contributed by atoms with E-state index in [9.17, 15) is 18.0 Å². The average molecular weight is 290 g/mol. The van der Waals surface area contributed by atoms with Crippen LogP contribution in [0, 0.1) is 5.41 Å². The zero-order valence-electron chi connectivity index (χ0n) is 10.7. The Morgan fingerprint density at radius 3 is 2.28 bits per heavy atom. The van der Waals surface area contributed by atoms with Gasteiger partial charge < -0.3 is 10.1 Å². The molecule has 0 fully saturated rings. The zero-order valence-corrected chi connectivity index (χ0v) is 11.5. The van der Waals surface area contributed by atoms with Gasteiger partial charge in [0.25, 0.3) is 0 Å². The molecule has 0 saturated carbocycles. The van der Waals surface area contributed by atoms with Crippen molar-refractivity contribution in [2.45, 2.75) is 39.4 Å². The molecule has 0 saturated heterocycles. The minimum atomic E-state index is -4.42. The van der Waals surface area contributed by atoms with Gasteiger partial charge in [0.15, 0.2) is 0 Å². The van der Waals surface area contributed by atoms with E-state index < -0.39 is 25.3 Å². The number of carbonyl (C=O) groups excluding carboxylic acids is 1. The van der Waals surface area contributed by atoms with E-state index >= 15 is 0 Å². The van der Waals surface area contributed by atoms with E-state index in [1.54, 1.807) is 0 Å². The van der Waals surface area contributed by atoms with E-state index in [0.717, 1.165) is 0 Å². The minimum Gasteiger partial charge on any atom is -0.362 e. The van der Waals surface area contributed by atoms with Crippen molar-refractivity contribution < 1.29 is 22.7 Å². The third-order valence-corrected chi connectivity index (χ3v) is 2.50. The number of carbonyl (C=O) groups is 1. The molecule has 0 aromatic rings. The lowest BCUT2D eigenvalue weighted by Crippen LogP contribution is -2.45. The van der Waals surface area contributed by atoms with Crippen LogP contribution in [0.25, 0.3) is 0 Å². The van der Waals surface area contributed by atoms with Crippen LogP contribution in [0.4, 0.5) is 13.2 Å². The molecule has 0 aliphatic rings. The Morgan fingerprint density at radius 2 is 1.89 bits per heavy atom. The molecule has 7 heteroatoms. The molecule has 0 aromatic carbocycles. The van der Waals surface area contributed by atoms with Gasteiger partial charge in [0.2, 0.25) is 5.91 Å². The van der Waals surface area contributed by atoms with Crippen LogP contribution in [0.2, 0.25) is 0 Å². The Bertz CT molecular complexity index is 264. The summed E-state index contributed by atoms with van der Waals surface area (Å²) in [5.74, 6) is -0.199. The zero-order chi connectivity index (χ0) is 14.4. The standard InChI is InChI=1S/C11H19ClF3NO2/c1-10(2,3)8(4-5-12)16-9(17)6-18-7-11(13,14)15/h8H,4-7H2,1-3H3,(H,16,17). The van der Waals surface area contributed by atoms with Crippen molar-refractivity contribution in [3.8, 4) is 0 Å². The summed E-state index contributed by atoms with van der Waals surface area (Å²) < 4.78 is 39.7. The summed E-state index contributed by atoms with van der Waals surface area (Å²) >= 11 is 5.62. The highest BCUT2D eigenvalue weighted by molar-refractivity contribution is 6.17. The largest absolute Gasteiger partial charge is 0.411 e. The summed E-state index contributed by atoms with van der Waals surface area (Å²) in [6, 6.07) is -0.197. The second-order valence-electron chi connectivity index (χ2n) is 5.07. The molecular formula is C11H19ClF3NO2. The van der Waals surface area contributed by atoms with E-state index in [-0.39, 0.29) is 11.5 Å². The first-order chi connectivity index (χ1) is 8.06. The van der Waals surface area contributed by atoms with Crippen molar-refractivity contribution in [3.63, 3.8) is 0 Å². The lowest BCUT2D eigenvalue weighted by atomic mass is 9.85. The molecule has 1 atom stereocenters. The van der Waals surface area contributed by atoms with Crippen molar-refractivity contribution in [1.82, 2.24) is 5.32 Å². The number of hydrogen-bond acceptors (Lipinski definition) is 2. The highest BCUT2D eigenvalue weighted by atomic mass is 35.5. The number of halogens is 4. The Morgan fingerprint density at radius 1 is 1.33 bits per heavy atom. The van der Waals surface area contributed by atoms with Crippen LogP contribution in [0.3, 0.4) is 0 Å². The van der Waals surface area contributed by atoms with Crippen LogP contribution >= 0.6 is 11.6 Å². The van der Waals surface area contributed by atoms with Gasteiger partial charge in [-0.25, -0.2) is 0 Å². The fourth-order valence-electron chi connectivity index (χ4n) is 1.33. The van der Waals surface area contributed by atoms with Gasteiger partial charge in [0, 0.05) is 11.9 Å².